The van der Waals surface area contributed by atoms with Crippen LogP contribution in [-0.2, 0) is 6.42 Å². The standard InChI is InChI=1S/C17H26O2/c1-14(2)8-6-4-3-5-7-9-15-10-12-16(13-11-15)17(18)19/h10-14H,3-9H2,1-2H3,(H,18,19). The molecule has 0 aliphatic rings. The molecule has 0 saturated heterocycles. The van der Waals surface area contributed by atoms with Crippen molar-refractivity contribution in [3.05, 3.63) is 35.4 Å². The molecule has 2 heteroatoms. The van der Waals surface area contributed by atoms with Gasteiger partial charge in [0.2, 0.25) is 0 Å². The SMILES string of the molecule is CC(C)CCCCCCCc1ccc(C(=O)O)cc1. The average Bonchev–Trinajstić information content (AvgIpc) is 2.38. The molecular weight excluding hydrogens is 236 g/mol. The normalized spacial score (nSPS) is 10.9. The smallest absolute Gasteiger partial charge is 0.335 e. The number of carbonyl (C=O) groups is 1. The molecule has 1 aromatic carbocycles. The highest BCUT2D eigenvalue weighted by Gasteiger charge is 2.01. The second kappa shape index (κ2) is 8.73. The quantitative estimate of drug-likeness (QED) is 0.641. The van der Waals surface area contributed by atoms with E-state index in [1.165, 1.54) is 44.1 Å². The zero-order valence-corrected chi connectivity index (χ0v) is 12.2. The number of hydrogen-bond donors (Lipinski definition) is 1. The molecule has 2 nitrogen and oxygen atoms in total. The van der Waals surface area contributed by atoms with Gasteiger partial charge in [0.15, 0.2) is 0 Å². The van der Waals surface area contributed by atoms with E-state index in [0.717, 1.165) is 12.3 Å². The Morgan fingerprint density at radius 1 is 1.00 bits per heavy atom. The molecule has 0 amide bonds. The number of aryl methyl sites for hydroxylation is 1. The molecule has 1 rings (SSSR count). The minimum absolute atomic E-state index is 0.373. The van der Waals surface area contributed by atoms with E-state index >= 15 is 0 Å². The average molecular weight is 262 g/mol. The van der Waals surface area contributed by atoms with Crippen molar-refractivity contribution in [3.8, 4) is 0 Å². The van der Waals surface area contributed by atoms with Gasteiger partial charge in [-0.15, -0.1) is 0 Å². The van der Waals surface area contributed by atoms with Gasteiger partial charge < -0.3 is 5.11 Å². The van der Waals surface area contributed by atoms with Gasteiger partial charge in [-0.3, -0.25) is 0 Å². The summed E-state index contributed by atoms with van der Waals surface area (Å²) in [6.45, 7) is 4.56. The summed E-state index contributed by atoms with van der Waals surface area (Å²) >= 11 is 0. The number of unbranched alkanes of at least 4 members (excludes halogenated alkanes) is 4. The molecule has 0 aliphatic carbocycles. The van der Waals surface area contributed by atoms with Crippen molar-refractivity contribution in [1.29, 1.82) is 0 Å². The van der Waals surface area contributed by atoms with Crippen LogP contribution in [0.2, 0.25) is 0 Å². The van der Waals surface area contributed by atoms with Gasteiger partial charge in [0, 0.05) is 0 Å². The minimum atomic E-state index is -0.850. The Labute approximate surface area is 116 Å². The maximum absolute atomic E-state index is 10.7. The highest BCUT2D eigenvalue weighted by molar-refractivity contribution is 5.87. The summed E-state index contributed by atoms with van der Waals surface area (Å²) in [6, 6.07) is 7.25. The van der Waals surface area contributed by atoms with Crippen molar-refractivity contribution >= 4 is 5.97 Å². The lowest BCUT2D eigenvalue weighted by Gasteiger charge is -2.05. The maximum Gasteiger partial charge on any atom is 0.335 e. The van der Waals surface area contributed by atoms with Crippen molar-refractivity contribution in [3.63, 3.8) is 0 Å². The maximum atomic E-state index is 10.7. The fourth-order valence-electron chi connectivity index (χ4n) is 2.23. The highest BCUT2D eigenvalue weighted by Crippen LogP contribution is 2.13. The Hall–Kier alpha value is -1.31. The van der Waals surface area contributed by atoms with Gasteiger partial charge in [-0.25, -0.2) is 4.79 Å². The van der Waals surface area contributed by atoms with Crippen LogP contribution in [0.5, 0.6) is 0 Å². The van der Waals surface area contributed by atoms with E-state index in [4.69, 9.17) is 5.11 Å². The summed E-state index contributed by atoms with van der Waals surface area (Å²) in [7, 11) is 0. The molecule has 0 bridgehead atoms. The predicted octanol–water partition coefficient (Wildman–Crippen LogP) is 4.92. The Kier molecular flexibility index (Phi) is 7.24. The summed E-state index contributed by atoms with van der Waals surface area (Å²) in [4.78, 5) is 10.7. The van der Waals surface area contributed by atoms with E-state index in [1.807, 2.05) is 12.1 Å². The van der Waals surface area contributed by atoms with Gasteiger partial charge >= 0.3 is 5.97 Å². The van der Waals surface area contributed by atoms with E-state index in [9.17, 15) is 4.79 Å². The van der Waals surface area contributed by atoms with Crippen molar-refractivity contribution in [1.82, 2.24) is 0 Å². The molecule has 19 heavy (non-hydrogen) atoms. The fraction of sp³-hybridized carbons (Fsp3) is 0.588. The monoisotopic (exact) mass is 262 g/mol. The van der Waals surface area contributed by atoms with Gasteiger partial charge in [0.05, 0.1) is 5.56 Å². The number of carboxylic acids is 1. The summed E-state index contributed by atoms with van der Waals surface area (Å²) in [5, 5.41) is 8.81. The van der Waals surface area contributed by atoms with Crippen molar-refractivity contribution < 1.29 is 9.90 Å². The fourth-order valence-corrected chi connectivity index (χ4v) is 2.23. The predicted molar refractivity (Wildman–Crippen MR) is 79.6 cm³/mol. The topological polar surface area (TPSA) is 37.3 Å². The van der Waals surface area contributed by atoms with Crippen molar-refractivity contribution in [2.24, 2.45) is 5.92 Å². The van der Waals surface area contributed by atoms with Crippen LogP contribution in [0.3, 0.4) is 0 Å². The molecule has 0 radical (unpaired) electrons. The summed E-state index contributed by atoms with van der Waals surface area (Å²) in [5.41, 5.74) is 1.62. The zero-order valence-electron chi connectivity index (χ0n) is 12.2. The van der Waals surface area contributed by atoms with Gasteiger partial charge in [-0.2, -0.15) is 0 Å². The first kappa shape index (κ1) is 15.7. The first-order chi connectivity index (χ1) is 9.09. The second-order valence-corrected chi connectivity index (χ2v) is 5.70. The number of aromatic carboxylic acids is 1. The van der Waals surface area contributed by atoms with Crippen LogP contribution in [0, 0.1) is 5.92 Å². The molecular formula is C17H26O2. The minimum Gasteiger partial charge on any atom is -0.478 e. The number of carboxylic acid groups (broad SMARTS) is 1. The second-order valence-electron chi connectivity index (χ2n) is 5.70. The van der Waals surface area contributed by atoms with Crippen LogP contribution < -0.4 is 0 Å². The van der Waals surface area contributed by atoms with E-state index in [0.29, 0.717) is 5.56 Å². The van der Waals surface area contributed by atoms with Crippen LogP contribution in [0.4, 0.5) is 0 Å². The van der Waals surface area contributed by atoms with Crippen LogP contribution in [0.15, 0.2) is 24.3 Å². The van der Waals surface area contributed by atoms with Crippen LogP contribution in [0.1, 0.15) is 68.3 Å². The van der Waals surface area contributed by atoms with Gasteiger partial charge in [-0.1, -0.05) is 58.1 Å². The largest absolute Gasteiger partial charge is 0.478 e. The molecule has 1 N–H and O–H groups in total. The van der Waals surface area contributed by atoms with Crippen LogP contribution in [0.25, 0.3) is 0 Å². The molecule has 0 aliphatic heterocycles. The first-order valence-electron chi connectivity index (χ1n) is 7.42. The number of benzene rings is 1. The van der Waals surface area contributed by atoms with Gasteiger partial charge in [-0.05, 0) is 36.5 Å². The van der Waals surface area contributed by atoms with E-state index in [-0.39, 0.29) is 0 Å². The highest BCUT2D eigenvalue weighted by atomic mass is 16.4. The molecule has 0 unspecified atom stereocenters. The summed E-state index contributed by atoms with van der Waals surface area (Å²) < 4.78 is 0. The van der Waals surface area contributed by atoms with Crippen LogP contribution in [-0.4, -0.2) is 11.1 Å². The van der Waals surface area contributed by atoms with Crippen molar-refractivity contribution in [2.75, 3.05) is 0 Å². The number of hydrogen-bond acceptors (Lipinski definition) is 1. The molecule has 106 valence electrons. The molecule has 1 aromatic rings. The van der Waals surface area contributed by atoms with Gasteiger partial charge in [0.25, 0.3) is 0 Å². The molecule has 0 saturated carbocycles. The third-order valence-corrected chi connectivity index (χ3v) is 3.45. The zero-order chi connectivity index (χ0) is 14.1. The molecule has 0 fully saturated rings. The third kappa shape index (κ3) is 7.00. The lowest BCUT2D eigenvalue weighted by atomic mass is 10.0. The Morgan fingerprint density at radius 2 is 1.58 bits per heavy atom. The summed E-state index contributed by atoms with van der Waals surface area (Å²) in [6.07, 6.45) is 8.90. The molecule has 0 atom stereocenters. The van der Waals surface area contributed by atoms with E-state index in [2.05, 4.69) is 13.8 Å². The lowest BCUT2D eigenvalue weighted by molar-refractivity contribution is 0.0697. The Balaban J connectivity index is 2.11. The lowest BCUT2D eigenvalue weighted by Crippen LogP contribution is -1.96. The first-order valence-corrected chi connectivity index (χ1v) is 7.42. The van der Waals surface area contributed by atoms with E-state index in [1.54, 1.807) is 12.1 Å². The molecule has 0 spiro atoms. The van der Waals surface area contributed by atoms with E-state index < -0.39 is 5.97 Å². The summed E-state index contributed by atoms with van der Waals surface area (Å²) in [5.74, 6) is -0.0237. The Morgan fingerprint density at radius 3 is 2.16 bits per heavy atom. The number of rotatable bonds is 9. The van der Waals surface area contributed by atoms with Crippen molar-refractivity contribution in [2.45, 2.75) is 58.8 Å². The van der Waals surface area contributed by atoms with Crippen LogP contribution >= 0.6 is 0 Å². The third-order valence-electron chi connectivity index (χ3n) is 3.45. The molecule has 0 aromatic heterocycles. The van der Waals surface area contributed by atoms with Gasteiger partial charge in [0.1, 0.15) is 0 Å². The molecule has 0 heterocycles. The Bertz CT molecular complexity index is 365.